The molecule has 21 heavy (non-hydrogen) atoms. The normalized spacial score (nSPS) is 17.6. The number of primary amides is 1. The lowest BCUT2D eigenvalue weighted by atomic mass is 10.0. The summed E-state index contributed by atoms with van der Waals surface area (Å²) in [5, 5.41) is 8.09. The zero-order chi connectivity index (χ0) is 15.1. The van der Waals surface area contributed by atoms with Crippen LogP contribution in [-0.2, 0) is 4.79 Å². The van der Waals surface area contributed by atoms with Gasteiger partial charge in [-0.15, -0.1) is 5.10 Å². The number of hydrogen-bond donors (Lipinski definition) is 2. The average Bonchev–Trinajstić information content (AvgIpc) is 3.02. The molecule has 110 valence electrons. The molecule has 0 spiro atoms. The third-order valence-corrected chi connectivity index (χ3v) is 3.85. The predicted molar refractivity (Wildman–Crippen MR) is 78.9 cm³/mol. The van der Waals surface area contributed by atoms with E-state index in [4.69, 9.17) is 10.2 Å². The lowest BCUT2D eigenvalue weighted by Crippen LogP contribution is -2.31. The van der Waals surface area contributed by atoms with Crippen molar-refractivity contribution in [3.8, 4) is 0 Å². The second kappa shape index (κ2) is 4.96. The molecular weight excluding hydrogens is 290 g/mol. The van der Waals surface area contributed by atoms with Gasteiger partial charge in [0.25, 0.3) is 0 Å². The van der Waals surface area contributed by atoms with Crippen LogP contribution in [0.4, 0.5) is 5.95 Å². The van der Waals surface area contributed by atoms with Crippen molar-refractivity contribution < 1.29 is 9.21 Å². The first-order chi connectivity index (χ1) is 10.0. The smallest absolute Gasteiger partial charge is 0.249 e. The Hall–Kier alpha value is -2.22. The fourth-order valence-electron chi connectivity index (χ4n) is 2.40. The van der Waals surface area contributed by atoms with Gasteiger partial charge in [-0.2, -0.15) is 4.98 Å². The van der Waals surface area contributed by atoms with E-state index >= 15 is 0 Å². The maximum Gasteiger partial charge on any atom is 0.249 e. The van der Waals surface area contributed by atoms with Gasteiger partial charge in [-0.3, -0.25) is 4.79 Å². The van der Waals surface area contributed by atoms with Crippen molar-refractivity contribution in [2.75, 3.05) is 11.6 Å². The molecule has 0 bridgehead atoms. The molecule has 3 heterocycles. The monoisotopic (exact) mass is 305 g/mol. The summed E-state index contributed by atoms with van der Waals surface area (Å²) >= 11 is 1.43. The topological polar surface area (TPSA) is 99.0 Å². The molecule has 0 fully saturated rings. The first kappa shape index (κ1) is 13.7. The van der Waals surface area contributed by atoms with Crippen LogP contribution in [0, 0.1) is 6.92 Å². The largest absolute Gasteiger partial charge is 0.464 e. The van der Waals surface area contributed by atoms with Crippen LogP contribution in [-0.4, -0.2) is 26.9 Å². The molecule has 0 unspecified atom stereocenters. The molecule has 1 aliphatic rings. The van der Waals surface area contributed by atoms with Crippen LogP contribution in [0.1, 0.15) is 24.5 Å². The fraction of sp³-hybridized carbons (Fsp3) is 0.308. The third-order valence-electron chi connectivity index (χ3n) is 3.31. The van der Waals surface area contributed by atoms with Crippen LogP contribution >= 0.6 is 11.8 Å². The van der Waals surface area contributed by atoms with E-state index in [9.17, 15) is 4.79 Å². The number of rotatable bonds is 3. The highest BCUT2D eigenvalue weighted by molar-refractivity contribution is 7.98. The lowest BCUT2D eigenvalue weighted by Gasteiger charge is -2.25. The molecule has 1 atom stereocenters. The summed E-state index contributed by atoms with van der Waals surface area (Å²) < 4.78 is 7.32. The maximum atomic E-state index is 11.9. The molecular formula is C13H15N5O2S. The summed E-state index contributed by atoms with van der Waals surface area (Å²) in [6.45, 7) is 3.64. The van der Waals surface area contributed by atoms with Crippen molar-refractivity contribution in [3.63, 3.8) is 0 Å². The first-order valence-electron chi connectivity index (χ1n) is 6.35. The number of nitrogens with two attached hydrogens (primary N) is 1. The number of anilines is 1. The number of carbonyl (C=O) groups is 1. The van der Waals surface area contributed by atoms with Gasteiger partial charge in [-0.25, -0.2) is 4.68 Å². The van der Waals surface area contributed by atoms with Gasteiger partial charge in [0, 0.05) is 5.70 Å². The van der Waals surface area contributed by atoms with Crippen molar-refractivity contribution in [2.45, 2.75) is 25.0 Å². The number of hydrogen-bond acceptors (Lipinski definition) is 6. The van der Waals surface area contributed by atoms with E-state index in [-0.39, 0.29) is 0 Å². The summed E-state index contributed by atoms with van der Waals surface area (Å²) in [4.78, 5) is 16.2. The fourth-order valence-corrected chi connectivity index (χ4v) is 2.75. The summed E-state index contributed by atoms with van der Waals surface area (Å²) in [6.07, 6.45) is 1.89. The molecule has 0 aliphatic carbocycles. The van der Waals surface area contributed by atoms with Crippen molar-refractivity contribution in [1.82, 2.24) is 14.8 Å². The van der Waals surface area contributed by atoms with E-state index in [0.29, 0.717) is 28.1 Å². The molecule has 2 aromatic heterocycles. The summed E-state index contributed by atoms with van der Waals surface area (Å²) in [6, 6.07) is 3.17. The number of aromatic nitrogens is 3. The minimum absolute atomic E-state index is 0.425. The molecule has 0 saturated carbocycles. The van der Waals surface area contributed by atoms with E-state index in [1.165, 1.54) is 11.8 Å². The van der Waals surface area contributed by atoms with Crippen molar-refractivity contribution in [2.24, 2.45) is 5.73 Å². The lowest BCUT2D eigenvalue weighted by molar-refractivity contribution is -0.115. The molecule has 8 heteroatoms. The Balaban J connectivity index is 2.20. The Morgan fingerprint density at radius 3 is 2.81 bits per heavy atom. The van der Waals surface area contributed by atoms with E-state index < -0.39 is 11.9 Å². The quantitative estimate of drug-likeness (QED) is 0.837. The minimum atomic E-state index is -0.508. The molecule has 1 amide bonds. The molecule has 2 aromatic rings. The zero-order valence-electron chi connectivity index (χ0n) is 11.9. The van der Waals surface area contributed by atoms with E-state index in [1.807, 2.05) is 25.3 Å². The highest BCUT2D eigenvalue weighted by Crippen LogP contribution is 2.36. The number of amides is 1. The number of furan rings is 1. The van der Waals surface area contributed by atoms with Gasteiger partial charge in [-0.1, -0.05) is 11.8 Å². The second-order valence-corrected chi connectivity index (χ2v) is 5.52. The minimum Gasteiger partial charge on any atom is -0.464 e. The Kier molecular flexibility index (Phi) is 3.25. The van der Waals surface area contributed by atoms with Crippen LogP contribution in [0.2, 0.25) is 0 Å². The second-order valence-electron chi connectivity index (χ2n) is 4.75. The Labute approximate surface area is 125 Å². The predicted octanol–water partition coefficient (Wildman–Crippen LogP) is 1.68. The van der Waals surface area contributed by atoms with Gasteiger partial charge in [-0.05, 0) is 32.2 Å². The summed E-state index contributed by atoms with van der Waals surface area (Å²) in [5.74, 6) is 1.43. The van der Waals surface area contributed by atoms with Crippen molar-refractivity contribution >= 4 is 23.6 Å². The van der Waals surface area contributed by atoms with Crippen LogP contribution in [0.15, 0.2) is 33.0 Å². The van der Waals surface area contributed by atoms with Crippen LogP contribution in [0.3, 0.4) is 0 Å². The van der Waals surface area contributed by atoms with Gasteiger partial charge in [0.05, 0.1) is 5.57 Å². The number of nitrogens with one attached hydrogen (secondary N) is 1. The first-order valence-corrected chi connectivity index (χ1v) is 7.58. The van der Waals surface area contributed by atoms with Gasteiger partial charge < -0.3 is 15.5 Å². The van der Waals surface area contributed by atoms with Crippen molar-refractivity contribution in [3.05, 3.63) is 34.9 Å². The standard InChI is InChI=1S/C13H15N5O2S/c1-6-4-5-8(20-6)10-9(11(14)19)7(2)15-12-16-13(21-3)17-18(10)12/h4-5,10H,1-3H3,(H2,14,19)(H,15,16,17)/t10-/m0/s1. The van der Waals surface area contributed by atoms with Crippen LogP contribution < -0.4 is 11.1 Å². The third kappa shape index (κ3) is 2.21. The van der Waals surface area contributed by atoms with Crippen LogP contribution in [0.5, 0.6) is 0 Å². The van der Waals surface area contributed by atoms with Crippen LogP contribution in [0.25, 0.3) is 0 Å². The van der Waals surface area contributed by atoms with E-state index in [2.05, 4.69) is 15.4 Å². The molecule has 0 saturated heterocycles. The molecule has 0 aromatic carbocycles. The van der Waals surface area contributed by atoms with Crippen molar-refractivity contribution in [1.29, 1.82) is 0 Å². The summed E-state index contributed by atoms with van der Waals surface area (Å²) in [5.41, 5.74) is 6.63. The number of fused-ring (bicyclic) bond motifs is 1. The van der Waals surface area contributed by atoms with E-state index in [0.717, 1.165) is 5.76 Å². The Morgan fingerprint density at radius 1 is 1.48 bits per heavy atom. The van der Waals surface area contributed by atoms with Gasteiger partial charge in [0.1, 0.15) is 17.6 Å². The zero-order valence-corrected chi connectivity index (χ0v) is 12.7. The number of allylic oxidation sites excluding steroid dienone is 1. The average molecular weight is 305 g/mol. The maximum absolute atomic E-state index is 11.9. The number of aryl methyl sites for hydroxylation is 1. The number of carbonyl (C=O) groups excluding carboxylic acids is 1. The number of nitrogens with zero attached hydrogens (tertiary/aromatic N) is 3. The summed E-state index contributed by atoms with van der Waals surface area (Å²) in [7, 11) is 0. The van der Waals surface area contributed by atoms with Gasteiger partial charge in [0.15, 0.2) is 0 Å². The Morgan fingerprint density at radius 2 is 2.24 bits per heavy atom. The Bertz CT molecular complexity index is 746. The molecule has 3 N–H and O–H groups in total. The SMILES string of the molecule is CSc1nc2n(n1)[C@@H](c1ccc(C)o1)C(C(N)=O)=C(C)N2. The van der Waals surface area contributed by atoms with Gasteiger partial charge in [0.2, 0.25) is 17.0 Å². The van der Waals surface area contributed by atoms with Gasteiger partial charge >= 0.3 is 0 Å². The molecule has 7 nitrogen and oxygen atoms in total. The highest BCUT2D eigenvalue weighted by Gasteiger charge is 2.35. The highest BCUT2D eigenvalue weighted by atomic mass is 32.2. The molecule has 3 rings (SSSR count). The van der Waals surface area contributed by atoms with E-state index in [1.54, 1.807) is 11.6 Å². The molecule has 0 radical (unpaired) electrons. The number of thioether (sulfide) groups is 1. The molecule has 1 aliphatic heterocycles.